The molecule has 0 amide bonds. The topological polar surface area (TPSA) is 3.24 Å². The molecular weight excluding hydrogens is 699 g/mol. The van der Waals surface area contributed by atoms with E-state index in [-0.39, 0.29) is 0 Å². The Morgan fingerprint density at radius 1 is 0.293 bits per heavy atom. The van der Waals surface area contributed by atoms with Gasteiger partial charge in [-0.3, -0.25) is 0 Å². The van der Waals surface area contributed by atoms with Crippen molar-refractivity contribution >= 4 is 38.6 Å². The summed E-state index contributed by atoms with van der Waals surface area (Å²) >= 11 is 0. The van der Waals surface area contributed by atoms with Crippen molar-refractivity contribution in [2.45, 2.75) is 5.41 Å². The van der Waals surface area contributed by atoms with Gasteiger partial charge in [-0.25, -0.2) is 0 Å². The van der Waals surface area contributed by atoms with Gasteiger partial charge in [-0.05, 0) is 119 Å². The van der Waals surface area contributed by atoms with E-state index in [0.29, 0.717) is 0 Å². The average molecular weight is 736 g/mol. The van der Waals surface area contributed by atoms with Crippen LogP contribution in [0.2, 0.25) is 0 Å². The molecule has 0 heterocycles. The lowest BCUT2D eigenvalue weighted by Crippen LogP contribution is -2.26. The first-order valence-corrected chi connectivity index (χ1v) is 20.2. The lowest BCUT2D eigenvalue weighted by molar-refractivity contribution is 0.794. The highest BCUT2D eigenvalue weighted by molar-refractivity contribution is 6.08. The van der Waals surface area contributed by atoms with Crippen molar-refractivity contribution in [3.8, 4) is 44.5 Å². The Morgan fingerprint density at radius 3 is 1.47 bits per heavy atom. The molecule has 1 nitrogen and oxygen atoms in total. The van der Waals surface area contributed by atoms with Crippen molar-refractivity contribution < 1.29 is 0 Å². The summed E-state index contributed by atoms with van der Waals surface area (Å²) in [5.74, 6) is 0. The molecule has 10 aromatic rings. The van der Waals surface area contributed by atoms with Gasteiger partial charge in [0.1, 0.15) is 0 Å². The maximum atomic E-state index is 2.46. The molecule has 1 spiro atoms. The van der Waals surface area contributed by atoms with Crippen molar-refractivity contribution in [3.63, 3.8) is 0 Å². The van der Waals surface area contributed by atoms with Gasteiger partial charge in [-0.15, -0.1) is 0 Å². The van der Waals surface area contributed by atoms with Gasteiger partial charge in [0, 0.05) is 16.9 Å². The summed E-state index contributed by atoms with van der Waals surface area (Å²) in [7, 11) is 0. The predicted molar refractivity (Wildman–Crippen MR) is 243 cm³/mol. The van der Waals surface area contributed by atoms with Crippen molar-refractivity contribution in [3.05, 3.63) is 247 Å². The number of anilines is 3. The zero-order valence-electron chi connectivity index (χ0n) is 31.8. The molecule has 12 rings (SSSR count). The van der Waals surface area contributed by atoms with Crippen molar-refractivity contribution in [2.24, 2.45) is 0 Å². The molecule has 270 valence electrons. The van der Waals surface area contributed by atoms with E-state index in [1.807, 2.05) is 0 Å². The third-order valence-electron chi connectivity index (χ3n) is 12.7. The second kappa shape index (κ2) is 12.8. The van der Waals surface area contributed by atoms with Gasteiger partial charge in [0.2, 0.25) is 0 Å². The maximum absolute atomic E-state index is 2.46. The smallest absolute Gasteiger partial charge is 0.0726 e. The molecular formula is C57H37N. The van der Waals surface area contributed by atoms with Crippen LogP contribution in [0.25, 0.3) is 66.1 Å². The monoisotopic (exact) mass is 735 g/mol. The van der Waals surface area contributed by atoms with Gasteiger partial charge in [0.05, 0.1) is 11.1 Å². The van der Waals surface area contributed by atoms with E-state index in [9.17, 15) is 0 Å². The Bertz CT molecular complexity index is 3170. The number of benzene rings is 10. The molecule has 0 aromatic heterocycles. The number of rotatable bonds is 5. The van der Waals surface area contributed by atoms with Gasteiger partial charge in [-0.2, -0.15) is 0 Å². The molecule has 1 heteroatoms. The third kappa shape index (κ3) is 4.71. The van der Waals surface area contributed by atoms with Crippen LogP contribution < -0.4 is 4.90 Å². The second-order valence-electron chi connectivity index (χ2n) is 15.6. The van der Waals surface area contributed by atoms with Gasteiger partial charge in [0.15, 0.2) is 0 Å². The first-order chi connectivity index (χ1) is 28.8. The van der Waals surface area contributed by atoms with Crippen LogP contribution in [0, 0.1) is 0 Å². The Morgan fingerprint density at radius 2 is 0.776 bits per heavy atom. The Hall–Kier alpha value is -7.48. The Labute approximate surface area is 338 Å². The van der Waals surface area contributed by atoms with E-state index in [1.165, 1.54) is 94.0 Å². The SMILES string of the molecule is c1ccc(-c2ccc(N(c3ccc(-c4ccc5c(ccc6ccccc65)c4)cc3)c3cccc4c3-c3ccccc3C43c4ccccc4-c4ccccc43)cc2)cc1. The minimum Gasteiger partial charge on any atom is -0.310 e. The highest BCUT2D eigenvalue weighted by Gasteiger charge is 2.52. The van der Waals surface area contributed by atoms with E-state index < -0.39 is 5.41 Å². The van der Waals surface area contributed by atoms with E-state index in [2.05, 4.69) is 229 Å². The second-order valence-corrected chi connectivity index (χ2v) is 15.6. The Kier molecular flexibility index (Phi) is 7.21. The van der Waals surface area contributed by atoms with Crippen LogP contribution in [0.4, 0.5) is 17.1 Å². The quantitative estimate of drug-likeness (QED) is 0.159. The minimum absolute atomic E-state index is 0.413. The normalized spacial score (nSPS) is 13.0. The van der Waals surface area contributed by atoms with E-state index >= 15 is 0 Å². The standard InChI is InChI=1S/C57H37N/c1-2-13-38(14-3-1)39-27-32-44(33-28-39)58(45-34-29-40(30-35-45)42-31-36-47-43(37-42)26-25-41-15-4-5-16-46(41)47)55-24-12-23-54-56(55)50-19-8-11-22-53(50)57(54)51-20-9-6-17-48(51)49-18-7-10-21-52(49)57/h1-37H. The largest absolute Gasteiger partial charge is 0.310 e. The summed E-state index contributed by atoms with van der Waals surface area (Å²) in [6.07, 6.45) is 0. The van der Waals surface area contributed by atoms with Crippen LogP contribution in [0.5, 0.6) is 0 Å². The lowest BCUT2D eigenvalue weighted by atomic mass is 9.70. The molecule has 0 bridgehead atoms. The van der Waals surface area contributed by atoms with Crippen LogP contribution in [0.15, 0.2) is 224 Å². The van der Waals surface area contributed by atoms with Crippen LogP contribution in [0.1, 0.15) is 22.3 Å². The zero-order chi connectivity index (χ0) is 38.2. The fourth-order valence-corrected chi connectivity index (χ4v) is 10.2. The number of hydrogen-bond donors (Lipinski definition) is 0. The van der Waals surface area contributed by atoms with E-state index in [1.54, 1.807) is 0 Å². The molecule has 2 aliphatic carbocycles. The summed E-state index contributed by atoms with van der Waals surface area (Å²) < 4.78 is 0. The summed E-state index contributed by atoms with van der Waals surface area (Å²) in [6.45, 7) is 0. The van der Waals surface area contributed by atoms with Crippen LogP contribution >= 0.6 is 0 Å². The average Bonchev–Trinajstić information content (AvgIpc) is 3.78. The fraction of sp³-hybridized carbons (Fsp3) is 0.0175. The van der Waals surface area contributed by atoms with E-state index in [4.69, 9.17) is 0 Å². The molecule has 0 atom stereocenters. The molecule has 2 aliphatic rings. The summed E-state index contributed by atoms with van der Waals surface area (Å²) in [5, 5.41) is 5.10. The molecule has 0 saturated carbocycles. The molecule has 10 aromatic carbocycles. The number of fused-ring (bicyclic) bond motifs is 13. The molecule has 0 radical (unpaired) electrons. The summed E-state index contributed by atoms with van der Waals surface area (Å²) in [6, 6.07) is 83.0. The minimum atomic E-state index is -0.413. The van der Waals surface area contributed by atoms with E-state index in [0.717, 1.165) is 11.4 Å². The highest BCUT2D eigenvalue weighted by Crippen LogP contribution is 2.64. The maximum Gasteiger partial charge on any atom is 0.0726 e. The first kappa shape index (κ1) is 32.7. The molecule has 0 N–H and O–H groups in total. The van der Waals surface area contributed by atoms with Gasteiger partial charge in [0.25, 0.3) is 0 Å². The number of nitrogens with zero attached hydrogens (tertiary/aromatic N) is 1. The summed E-state index contributed by atoms with van der Waals surface area (Å²) in [4.78, 5) is 2.46. The molecule has 0 unspecified atom stereocenters. The molecule has 0 saturated heterocycles. The van der Waals surface area contributed by atoms with Crippen molar-refractivity contribution in [1.82, 2.24) is 0 Å². The lowest BCUT2D eigenvalue weighted by Gasteiger charge is -2.32. The van der Waals surface area contributed by atoms with Crippen LogP contribution in [-0.4, -0.2) is 0 Å². The van der Waals surface area contributed by atoms with Crippen molar-refractivity contribution in [2.75, 3.05) is 4.90 Å². The molecule has 58 heavy (non-hydrogen) atoms. The zero-order valence-corrected chi connectivity index (χ0v) is 31.8. The summed E-state index contributed by atoms with van der Waals surface area (Å²) in [5.41, 5.74) is 18.4. The van der Waals surface area contributed by atoms with Crippen molar-refractivity contribution in [1.29, 1.82) is 0 Å². The highest BCUT2D eigenvalue weighted by atomic mass is 15.1. The number of hydrogen-bond acceptors (Lipinski definition) is 1. The Balaban J connectivity index is 1.05. The van der Waals surface area contributed by atoms with Gasteiger partial charge in [-0.1, -0.05) is 188 Å². The molecule has 0 aliphatic heterocycles. The van der Waals surface area contributed by atoms with Gasteiger partial charge < -0.3 is 4.90 Å². The van der Waals surface area contributed by atoms with Gasteiger partial charge >= 0.3 is 0 Å². The molecule has 0 fully saturated rings. The predicted octanol–water partition coefficient (Wildman–Crippen LogP) is 15.1. The third-order valence-corrected chi connectivity index (χ3v) is 12.7. The first-order valence-electron chi connectivity index (χ1n) is 20.2. The fourth-order valence-electron chi connectivity index (χ4n) is 10.2. The van der Waals surface area contributed by atoms with Crippen LogP contribution in [-0.2, 0) is 5.41 Å². The van der Waals surface area contributed by atoms with Crippen LogP contribution in [0.3, 0.4) is 0 Å².